The summed E-state index contributed by atoms with van der Waals surface area (Å²) in [7, 11) is 0. The Kier molecular flexibility index (Phi) is 3.85. The lowest BCUT2D eigenvalue weighted by Crippen LogP contribution is -2.55. The molecule has 0 aromatic heterocycles. The Labute approximate surface area is 97.5 Å². The second kappa shape index (κ2) is 5.00. The van der Waals surface area contributed by atoms with Crippen molar-refractivity contribution in [2.45, 2.75) is 31.9 Å². The van der Waals surface area contributed by atoms with E-state index in [0.717, 1.165) is 39.3 Å². The predicted octanol–water partition coefficient (Wildman–Crippen LogP) is 0.495. The van der Waals surface area contributed by atoms with Crippen LogP contribution in [0.3, 0.4) is 0 Å². The van der Waals surface area contributed by atoms with E-state index in [0.29, 0.717) is 12.5 Å². The van der Waals surface area contributed by atoms with Crippen molar-refractivity contribution in [2.24, 2.45) is 5.92 Å². The molecule has 0 bridgehead atoms. The summed E-state index contributed by atoms with van der Waals surface area (Å²) < 4.78 is 10.8. The van der Waals surface area contributed by atoms with E-state index in [1.807, 2.05) is 0 Å². The van der Waals surface area contributed by atoms with Gasteiger partial charge >= 0.3 is 0 Å². The molecule has 0 amide bonds. The van der Waals surface area contributed by atoms with E-state index in [1.54, 1.807) is 0 Å². The van der Waals surface area contributed by atoms with Gasteiger partial charge in [-0.15, -0.1) is 0 Å². The number of rotatable bonds is 3. The molecule has 4 heteroatoms. The largest absolute Gasteiger partial charge is 0.391 e. The zero-order valence-corrected chi connectivity index (χ0v) is 10.3. The first-order valence-electron chi connectivity index (χ1n) is 6.18. The van der Waals surface area contributed by atoms with Gasteiger partial charge in [-0.25, -0.2) is 0 Å². The van der Waals surface area contributed by atoms with E-state index in [1.165, 1.54) is 0 Å². The van der Waals surface area contributed by atoms with Gasteiger partial charge in [0.1, 0.15) is 0 Å². The predicted molar refractivity (Wildman–Crippen MR) is 61.4 cm³/mol. The Bertz CT molecular complexity index is 226. The van der Waals surface area contributed by atoms with Crippen LogP contribution in [-0.2, 0) is 9.47 Å². The number of nitrogens with zero attached hydrogens (tertiary/aromatic N) is 1. The second-order valence-electron chi connectivity index (χ2n) is 5.50. The van der Waals surface area contributed by atoms with Crippen LogP contribution in [0.1, 0.15) is 20.3 Å². The first-order chi connectivity index (χ1) is 7.59. The summed E-state index contributed by atoms with van der Waals surface area (Å²) in [5, 5.41) is 10.2. The van der Waals surface area contributed by atoms with Gasteiger partial charge in [0.15, 0.2) is 0 Å². The van der Waals surface area contributed by atoms with Crippen molar-refractivity contribution >= 4 is 0 Å². The fourth-order valence-corrected chi connectivity index (χ4v) is 2.46. The molecule has 1 N–H and O–H groups in total. The van der Waals surface area contributed by atoms with Gasteiger partial charge < -0.3 is 14.6 Å². The van der Waals surface area contributed by atoms with Gasteiger partial charge in [-0.2, -0.15) is 0 Å². The van der Waals surface area contributed by atoms with E-state index in [2.05, 4.69) is 18.7 Å². The summed E-state index contributed by atoms with van der Waals surface area (Å²) >= 11 is 0. The van der Waals surface area contributed by atoms with Crippen molar-refractivity contribution in [3.8, 4) is 0 Å². The van der Waals surface area contributed by atoms with Crippen molar-refractivity contribution in [1.82, 2.24) is 4.90 Å². The van der Waals surface area contributed by atoms with Crippen LogP contribution in [-0.4, -0.2) is 61.2 Å². The Morgan fingerprint density at radius 1 is 1.38 bits per heavy atom. The Balaban J connectivity index is 1.87. The van der Waals surface area contributed by atoms with Gasteiger partial charge in [-0.3, -0.25) is 4.90 Å². The highest BCUT2D eigenvalue weighted by Gasteiger charge is 2.34. The lowest BCUT2D eigenvalue weighted by Gasteiger charge is -2.43. The number of ether oxygens (including phenoxy) is 2. The fraction of sp³-hybridized carbons (Fsp3) is 1.00. The van der Waals surface area contributed by atoms with Crippen LogP contribution >= 0.6 is 0 Å². The maximum absolute atomic E-state index is 10.2. The molecule has 2 fully saturated rings. The fourth-order valence-electron chi connectivity index (χ4n) is 2.46. The van der Waals surface area contributed by atoms with Crippen LogP contribution in [0.5, 0.6) is 0 Å². The molecule has 0 aromatic rings. The SMILES string of the molecule is CC1(C)COCCN1CC(O)C1CCOC1. The second-order valence-corrected chi connectivity index (χ2v) is 5.50. The third-order valence-electron chi connectivity index (χ3n) is 3.73. The van der Waals surface area contributed by atoms with Gasteiger partial charge in [-0.1, -0.05) is 0 Å². The summed E-state index contributed by atoms with van der Waals surface area (Å²) in [6, 6.07) is 0. The number of hydrogen-bond donors (Lipinski definition) is 1. The average molecular weight is 229 g/mol. The third-order valence-corrected chi connectivity index (χ3v) is 3.73. The summed E-state index contributed by atoms with van der Waals surface area (Å²) in [4.78, 5) is 2.33. The summed E-state index contributed by atoms with van der Waals surface area (Å²) in [5.74, 6) is 0.318. The maximum Gasteiger partial charge on any atom is 0.0718 e. The smallest absolute Gasteiger partial charge is 0.0718 e. The van der Waals surface area contributed by atoms with Gasteiger partial charge in [-0.05, 0) is 20.3 Å². The quantitative estimate of drug-likeness (QED) is 0.765. The highest BCUT2D eigenvalue weighted by atomic mass is 16.5. The van der Waals surface area contributed by atoms with E-state index >= 15 is 0 Å². The molecule has 2 heterocycles. The minimum atomic E-state index is -0.264. The molecule has 0 aliphatic carbocycles. The topological polar surface area (TPSA) is 41.9 Å². The number of hydrogen-bond acceptors (Lipinski definition) is 4. The molecule has 94 valence electrons. The van der Waals surface area contributed by atoms with Crippen LogP contribution in [0.15, 0.2) is 0 Å². The lowest BCUT2D eigenvalue weighted by atomic mass is 9.97. The highest BCUT2D eigenvalue weighted by molar-refractivity contribution is 4.87. The van der Waals surface area contributed by atoms with Gasteiger partial charge in [0.25, 0.3) is 0 Å². The molecule has 16 heavy (non-hydrogen) atoms. The van der Waals surface area contributed by atoms with Gasteiger partial charge in [0, 0.05) is 31.2 Å². The first kappa shape index (κ1) is 12.3. The maximum atomic E-state index is 10.2. The number of aliphatic hydroxyl groups excluding tert-OH is 1. The zero-order valence-electron chi connectivity index (χ0n) is 10.3. The van der Waals surface area contributed by atoms with Crippen molar-refractivity contribution in [3.63, 3.8) is 0 Å². The minimum Gasteiger partial charge on any atom is -0.391 e. The molecule has 4 nitrogen and oxygen atoms in total. The van der Waals surface area contributed by atoms with Crippen molar-refractivity contribution in [1.29, 1.82) is 0 Å². The number of aliphatic hydroxyl groups is 1. The van der Waals surface area contributed by atoms with E-state index < -0.39 is 0 Å². The van der Waals surface area contributed by atoms with E-state index in [4.69, 9.17) is 9.47 Å². The number of morpholine rings is 1. The lowest BCUT2D eigenvalue weighted by molar-refractivity contribution is -0.0731. The van der Waals surface area contributed by atoms with E-state index in [-0.39, 0.29) is 11.6 Å². The molecule has 0 aromatic carbocycles. The Morgan fingerprint density at radius 3 is 2.81 bits per heavy atom. The molecule has 0 saturated carbocycles. The van der Waals surface area contributed by atoms with E-state index in [9.17, 15) is 5.11 Å². The molecule has 0 radical (unpaired) electrons. The molecular weight excluding hydrogens is 206 g/mol. The summed E-state index contributed by atoms with van der Waals surface area (Å²) in [6.45, 7) is 9.04. The van der Waals surface area contributed by atoms with Crippen molar-refractivity contribution in [2.75, 3.05) is 39.5 Å². The third kappa shape index (κ3) is 2.74. The van der Waals surface area contributed by atoms with Crippen molar-refractivity contribution in [3.05, 3.63) is 0 Å². The molecule has 0 spiro atoms. The van der Waals surface area contributed by atoms with Crippen LogP contribution in [0.4, 0.5) is 0 Å². The Morgan fingerprint density at radius 2 is 2.19 bits per heavy atom. The normalized spacial score (nSPS) is 32.8. The first-order valence-corrected chi connectivity index (χ1v) is 6.18. The van der Waals surface area contributed by atoms with Crippen LogP contribution in [0.2, 0.25) is 0 Å². The van der Waals surface area contributed by atoms with Crippen LogP contribution < -0.4 is 0 Å². The van der Waals surface area contributed by atoms with Gasteiger partial charge in [0.05, 0.1) is 25.9 Å². The number of β-amino-alcohol motifs (C(OH)–C–C–N with tert-alkyl or cyclic N) is 1. The zero-order chi connectivity index (χ0) is 11.6. The molecule has 2 rings (SSSR count). The molecule has 2 saturated heterocycles. The van der Waals surface area contributed by atoms with Crippen LogP contribution in [0, 0.1) is 5.92 Å². The highest BCUT2D eigenvalue weighted by Crippen LogP contribution is 2.23. The minimum absolute atomic E-state index is 0.0404. The molecule has 2 aliphatic heterocycles. The summed E-state index contributed by atoms with van der Waals surface area (Å²) in [6.07, 6.45) is 0.728. The molecular formula is C12H23NO3. The molecule has 2 unspecified atom stereocenters. The molecule has 2 aliphatic rings. The molecule has 2 atom stereocenters. The van der Waals surface area contributed by atoms with Crippen molar-refractivity contribution < 1.29 is 14.6 Å². The standard InChI is InChI=1S/C12H23NO3/c1-12(2)9-16-6-4-13(12)7-11(14)10-3-5-15-8-10/h10-11,14H,3-9H2,1-2H3. The van der Waals surface area contributed by atoms with Crippen LogP contribution in [0.25, 0.3) is 0 Å². The monoisotopic (exact) mass is 229 g/mol. The summed E-state index contributed by atoms with van der Waals surface area (Å²) in [5.41, 5.74) is 0.0404. The Hall–Kier alpha value is -0.160. The van der Waals surface area contributed by atoms with Gasteiger partial charge in [0.2, 0.25) is 0 Å². The average Bonchev–Trinajstić information content (AvgIpc) is 2.74.